The molecule has 130 valence electrons. The van der Waals surface area contributed by atoms with Crippen LogP contribution in [0.25, 0.3) is 0 Å². The van der Waals surface area contributed by atoms with Crippen LogP contribution >= 0.6 is 0 Å². The van der Waals surface area contributed by atoms with Gasteiger partial charge in [0.2, 0.25) is 0 Å². The Morgan fingerprint density at radius 2 is 2.00 bits per heavy atom. The summed E-state index contributed by atoms with van der Waals surface area (Å²) in [7, 11) is 0. The van der Waals surface area contributed by atoms with Crippen molar-refractivity contribution in [2.75, 3.05) is 0 Å². The van der Waals surface area contributed by atoms with E-state index in [-0.39, 0.29) is 17.5 Å². The summed E-state index contributed by atoms with van der Waals surface area (Å²) in [5.41, 5.74) is -0.129. The number of carbonyl (C=O) groups excluding carboxylic acids is 2. The van der Waals surface area contributed by atoms with Crippen molar-refractivity contribution in [2.24, 2.45) is 0 Å². The molecule has 0 saturated heterocycles. The van der Waals surface area contributed by atoms with Crippen molar-refractivity contribution in [3.63, 3.8) is 0 Å². The van der Waals surface area contributed by atoms with Gasteiger partial charge in [-0.3, -0.25) is 20.2 Å². The molecule has 1 saturated carbocycles. The molecule has 1 atom stereocenters. The highest BCUT2D eigenvalue weighted by atomic mass is 16.6. The Labute approximate surface area is 139 Å². The molecule has 8 heteroatoms. The molecular weight excluding hydrogens is 314 g/mol. The number of imide groups is 1. The summed E-state index contributed by atoms with van der Waals surface area (Å²) in [5, 5.41) is 15.7. The molecule has 2 N–H and O–H groups in total. The lowest BCUT2D eigenvalue weighted by molar-refractivity contribution is -0.384. The predicted octanol–water partition coefficient (Wildman–Crippen LogP) is 2.52. The normalized spacial score (nSPS) is 16.0. The number of ether oxygens (including phenoxy) is 1. The van der Waals surface area contributed by atoms with Crippen LogP contribution in [0.1, 0.15) is 39.0 Å². The summed E-state index contributed by atoms with van der Waals surface area (Å²) < 4.78 is 5.36. The van der Waals surface area contributed by atoms with Crippen LogP contribution in [0.3, 0.4) is 0 Å². The molecule has 0 radical (unpaired) electrons. The summed E-state index contributed by atoms with van der Waals surface area (Å²) in [5.74, 6) is -0.408. The molecule has 3 amide bonds. The largest absolute Gasteiger partial charge is 0.481 e. The third-order valence-electron chi connectivity index (χ3n) is 3.89. The van der Waals surface area contributed by atoms with E-state index in [4.69, 9.17) is 4.74 Å². The summed E-state index contributed by atoms with van der Waals surface area (Å²) in [6, 6.07) is 5.09. The van der Waals surface area contributed by atoms with E-state index in [1.54, 1.807) is 0 Å². The van der Waals surface area contributed by atoms with Gasteiger partial charge in [0, 0.05) is 12.1 Å². The van der Waals surface area contributed by atoms with Crippen LogP contribution < -0.4 is 15.4 Å². The lowest BCUT2D eigenvalue weighted by atomic mass is 9.96. The molecule has 1 fully saturated rings. The molecule has 1 aliphatic rings. The third-order valence-corrected chi connectivity index (χ3v) is 3.89. The topological polar surface area (TPSA) is 111 Å². The van der Waals surface area contributed by atoms with Crippen LogP contribution in [0.15, 0.2) is 24.3 Å². The zero-order valence-corrected chi connectivity index (χ0v) is 13.5. The number of nitro benzene ring substituents is 1. The molecule has 1 aromatic rings. The number of carbonyl (C=O) groups is 2. The maximum Gasteiger partial charge on any atom is 0.321 e. The Morgan fingerprint density at radius 1 is 1.29 bits per heavy atom. The molecule has 8 nitrogen and oxygen atoms in total. The number of hydrogen-bond donors (Lipinski definition) is 2. The highest BCUT2D eigenvalue weighted by molar-refractivity contribution is 5.96. The van der Waals surface area contributed by atoms with Gasteiger partial charge in [0.1, 0.15) is 5.75 Å². The van der Waals surface area contributed by atoms with Crippen LogP contribution in [0.5, 0.6) is 5.75 Å². The number of urea groups is 1. The Kier molecular flexibility index (Phi) is 6.11. The summed E-state index contributed by atoms with van der Waals surface area (Å²) in [6.45, 7) is 1.47. The van der Waals surface area contributed by atoms with Gasteiger partial charge < -0.3 is 10.1 Å². The fourth-order valence-corrected chi connectivity index (χ4v) is 2.61. The number of nitrogens with one attached hydrogen (secondary N) is 2. The molecule has 2 rings (SSSR count). The van der Waals surface area contributed by atoms with Gasteiger partial charge in [0.25, 0.3) is 11.6 Å². The molecule has 0 aromatic heterocycles. The second kappa shape index (κ2) is 8.28. The zero-order chi connectivity index (χ0) is 17.5. The molecule has 1 aliphatic carbocycles. The van der Waals surface area contributed by atoms with E-state index in [0.29, 0.717) is 0 Å². The van der Waals surface area contributed by atoms with E-state index in [0.717, 1.165) is 25.7 Å². The van der Waals surface area contributed by atoms with Gasteiger partial charge in [-0.05, 0) is 25.8 Å². The minimum atomic E-state index is -0.955. The summed E-state index contributed by atoms with van der Waals surface area (Å²) in [4.78, 5) is 34.0. The average Bonchev–Trinajstić information content (AvgIpc) is 2.55. The van der Waals surface area contributed by atoms with Crippen LogP contribution in [-0.4, -0.2) is 29.0 Å². The van der Waals surface area contributed by atoms with E-state index in [1.807, 2.05) is 0 Å². The second-order valence-electron chi connectivity index (χ2n) is 5.81. The maximum atomic E-state index is 12.0. The SMILES string of the molecule is C[C@@H](Oc1cccc([N+](=O)[O-])c1)C(=O)NC(=O)NC1CCCCC1. The molecule has 0 aliphatic heterocycles. The molecule has 0 heterocycles. The van der Waals surface area contributed by atoms with Gasteiger partial charge in [0.15, 0.2) is 6.10 Å². The van der Waals surface area contributed by atoms with E-state index in [9.17, 15) is 19.7 Å². The first kappa shape index (κ1) is 17.7. The molecular formula is C16H21N3O5. The first-order chi connectivity index (χ1) is 11.5. The molecule has 0 unspecified atom stereocenters. The molecule has 1 aromatic carbocycles. The Balaban J connectivity index is 1.84. The Bertz CT molecular complexity index is 613. The van der Waals surface area contributed by atoms with E-state index in [1.165, 1.54) is 37.6 Å². The maximum absolute atomic E-state index is 12.0. The Morgan fingerprint density at radius 3 is 2.67 bits per heavy atom. The van der Waals surface area contributed by atoms with Crippen molar-refractivity contribution in [2.45, 2.75) is 51.2 Å². The minimum absolute atomic E-state index is 0.0968. The summed E-state index contributed by atoms with van der Waals surface area (Å²) in [6.07, 6.45) is 4.20. The quantitative estimate of drug-likeness (QED) is 0.634. The van der Waals surface area contributed by atoms with Gasteiger partial charge >= 0.3 is 6.03 Å². The van der Waals surface area contributed by atoms with Gasteiger partial charge in [-0.1, -0.05) is 25.3 Å². The van der Waals surface area contributed by atoms with Crippen molar-refractivity contribution in [3.05, 3.63) is 34.4 Å². The monoisotopic (exact) mass is 335 g/mol. The van der Waals surface area contributed by atoms with Gasteiger partial charge in [-0.15, -0.1) is 0 Å². The smallest absolute Gasteiger partial charge is 0.321 e. The average molecular weight is 335 g/mol. The first-order valence-electron chi connectivity index (χ1n) is 7.98. The predicted molar refractivity (Wildman–Crippen MR) is 86.7 cm³/mol. The van der Waals surface area contributed by atoms with E-state index in [2.05, 4.69) is 10.6 Å². The van der Waals surface area contributed by atoms with Crippen LogP contribution in [0.2, 0.25) is 0 Å². The number of hydrogen-bond acceptors (Lipinski definition) is 5. The van der Waals surface area contributed by atoms with Crippen molar-refractivity contribution < 1.29 is 19.2 Å². The highest BCUT2D eigenvalue weighted by Crippen LogP contribution is 2.20. The number of benzene rings is 1. The van der Waals surface area contributed by atoms with Crippen molar-refractivity contribution >= 4 is 17.6 Å². The number of nitro groups is 1. The van der Waals surface area contributed by atoms with Crippen molar-refractivity contribution in [3.8, 4) is 5.75 Å². The van der Waals surface area contributed by atoms with E-state index >= 15 is 0 Å². The van der Waals surface area contributed by atoms with Gasteiger partial charge in [-0.2, -0.15) is 0 Å². The van der Waals surface area contributed by atoms with Crippen LogP contribution in [-0.2, 0) is 4.79 Å². The first-order valence-corrected chi connectivity index (χ1v) is 7.98. The fourth-order valence-electron chi connectivity index (χ4n) is 2.61. The zero-order valence-electron chi connectivity index (χ0n) is 13.5. The number of rotatable bonds is 5. The third kappa shape index (κ3) is 5.22. The van der Waals surface area contributed by atoms with Crippen molar-refractivity contribution in [1.82, 2.24) is 10.6 Å². The minimum Gasteiger partial charge on any atom is -0.481 e. The van der Waals surface area contributed by atoms with Gasteiger partial charge in [-0.25, -0.2) is 4.79 Å². The number of amides is 3. The van der Waals surface area contributed by atoms with Crippen LogP contribution in [0.4, 0.5) is 10.5 Å². The second-order valence-corrected chi connectivity index (χ2v) is 5.81. The lowest BCUT2D eigenvalue weighted by Gasteiger charge is -2.23. The van der Waals surface area contributed by atoms with E-state index < -0.39 is 23.0 Å². The molecule has 0 bridgehead atoms. The number of nitrogens with zero attached hydrogens (tertiary/aromatic N) is 1. The van der Waals surface area contributed by atoms with Gasteiger partial charge in [0.05, 0.1) is 11.0 Å². The standard InChI is InChI=1S/C16H21N3O5/c1-11(24-14-9-5-8-13(10-14)19(22)23)15(20)18-16(21)17-12-6-3-2-4-7-12/h5,8-12H,2-4,6-7H2,1H3,(H2,17,18,20,21)/t11-/m1/s1. The fraction of sp³-hybridized carbons (Fsp3) is 0.500. The lowest BCUT2D eigenvalue weighted by Crippen LogP contribution is -2.48. The summed E-state index contributed by atoms with van der Waals surface area (Å²) >= 11 is 0. The molecule has 0 spiro atoms. The Hall–Kier alpha value is -2.64. The highest BCUT2D eigenvalue weighted by Gasteiger charge is 2.21. The van der Waals surface area contributed by atoms with Crippen molar-refractivity contribution in [1.29, 1.82) is 0 Å². The number of non-ortho nitro benzene ring substituents is 1. The molecule has 24 heavy (non-hydrogen) atoms. The van der Waals surface area contributed by atoms with Crippen LogP contribution in [0, 0.1) is 10.1 Å².